The lowest BCUT2D eigenvalue weighted by molar-refractivity contribution is -0.146. The molecule has 1 atom stereocenters. The Labute approximate surface area is 106 Å². The van der Waals surface area contributed by atoms with E-state index in [-0.39, 0.29) is 18.6 Å². The summed E-state index contributed by atoms with van der Waals surface area (Å²) in [7, 11) is -2.62. The number of hydrogen-bond donors (Lipinski definition) is 0. The second-order valence-electron chi connectivity index (χ2n) is 3.81. The quantitative estimate of drug-likeness (QED) is 0.429. The Morgan fingerprint density at radius 2 is 1.75 bits per heavy atom. The highest BCUT2D eigenvalue weighted by Gasteiger charge is 2.42. The molecule has 0 aliphatic carbocycles. The predicted molar refractivity (Wildman–Crippen MR) is 65.8 cm³/mol. The normalized spacial score (nSPS) is 14.2. The van der Waals surface area contributed by atoms with Gasteiger partial charge >= 0.3 is 5.97 Å². The predicted octanol–water partition coefficient (Wildman–Crippen LogP) is 3.01. The minimum Gasteiger partial charge on any atom is -0.460 e. The standard InChI is InChI=1S/C9H17Cl2O4P/c1-6(2)14-5-16(13)9(10,11)8(12)15-7(3)4/h6-7,16H,5H2,1-4H3. The van der Waals surface area contributed by atoms with Gasteiger partial charge in [0.25, 0.3) is 4.07 Å². The Morgan fingerprint density at radius 1 is 1.25 bits per heavy atom. The topological polar surface area (TPSA) is 52.6 Å². The zero-order valence-electron chi connectivity index (χ0n) is 9.75. The highest BCUT2D eigenvalue weighted by Crippen LogP contribution is 2.47. The van der Waals surface area contributed by atoms with Gasteiger partial charge in [-0.3, -0.25) is 0 Å². The molecule has 96 valence electrons. The van der Waals surface area contributed by atoms with Crippen LogP contribution in [0.25, 0.3) is 0 Å². The number of alkyl halides is 2. The van der Waals surface area contributed by atoms with Gasteiger partial charge in [-0.2, -0.15) is 0 Å². The molecule has 16 heavy (non-hydrogen) atoms. The fourth-order valence-corrected chi connectivity index (χ4v) is 2.10. The van der Waals surface area contributed by atoms with Crippen molar-refractivity contribution in [2.24, 2.45) is 0 Å². The van der Waals surface area contributed by atoms with E-state index >= 15 is 0 Å². The maximum Gasteiger partial charge on any atom is 0.350 e. The van der Waals surface area contributed by atoms with Gasteiger partial charge in [0.15, 0.2) is 0 Å². The third-order valence-corrected chi connectivity index (χ3v) is 4.40. The molecule has 0 spiro atoms. The van der Waals surface area contributed by atoms with E-state index in [9.17, 15) is 9.36 Å². The van der Waals surface area contributed by atoms with Gasteiger partial charge in [-0.25, -0.2) is 4.79 Å². The summed E-state index contributed by atoms with van der Waals surface area (Å²) in [4.78, 5) is 11.4. The zero-order valence-corrected chi connectivity index (χ0v) is 12.3. The molecule has 0 saturated carbocycles. The lowest BCUT2D eigenvalue weighted by Gasteiger charge is -2.20. The Hall–Kier alpha value is 0.240. The number of esters is 1. The van der Waals surface area contributed by atoms with Crippen LogP contribution in [0.5, 0.6) is 0 Å². The first-order valence-corrected chi connectivity index (χ1v) is 7.28. The zero-order chi connectivity index (χ0) is 12.9. The number of rotatable bonds is 6. The third kappa shape index (κ3) is 5.53. The number of hydrogen-bond acceptors (Lipinski definition) is 4. The second kappa shape index (κ2) is 6.85. The molecule has 0 saturated heterocycles. The van der Waals surface area contributed by atoms with Gasteiger partial charge in [0.2, 0.25) is 0 Å². The van der Waals surface area contributed by atoms with Crippen molar-refractivity contribution in [3.63, 3.8) is 0 Å². The maximum atomic E-state index is 11.7. The molecule has 0 aliphatic rings. The summed E-state index contributed by atoms with van der Waals surface area (Å²) in [6, 6.07) is 0. The molecule has 0 amide bonds. The van der Waals surface area contributed by atoms with Crippen molar-refractivity contribution in [1.82, 2.24) is 0 Å². The fraction of sp³-hybridized carbons (Fsp3) is 0.889. The number of carbonyl (C=O) groups excluding carboxylic acids is 1. The molecule has 0 rings (SSSR count). The van der Waals surface area contributed by atoms with Crippen LogP contribution >= 0.6 is 31.0 Å². The van der Waals surface area contributed by atoms with Crippen LogP contribution in [0.3, 0.4) is 0 Å². The molecule has 0 N–H and O–H groups in total. The van der Waals surface area contributed by atoms with Crippen LogP contribution < -0.4 is 0 Å². The molecule has 0 fully saturated rings. The van der Waals surface area contributed by atoms with Crippen molar-refractivity contribution in [2.75, 3.05) is 6.35 Å². The van der Waals surface area contributed by atoms with E-state index in [2.05, 4.69) is 0 Å². The first-order chi connectivity index (χ1) is 7.17. The van der Waals surface area contributed by atoms with Crippen LogP contribution in [0.1, 0.15) is 27.7 Å². The van der Waals surface area contributed by atoms with Crippen LogP contribution in [-0.4, -0.2) is 28.6 Å². The van der Waals surface area contributed by atoms with E-state index in [1.165, 1.54) is 0 Å². The van der Waals surface area contributed by atoms with Crippen molar-refractivity contribution >= 4 is 37.0 Å². The van der Waals surface area contributed by atoms with Gasteiger partial charge in [-0.05, 0) is 27.7 Å². The van der Waals surface area contributed by atoms with Gasteiger partial charge < -0.3 is 14.0 Å². The summed E-state index contributed by atoms with van der Waals surface area (Å²) < 4.78 is 19.6. The first kappa shape index (κ1) is 16.2. The van der Waals surface area contributed by atoms with Crippen molar-refractivity contribution in [3.05, 3.63) is 0 Å². The molecule has 0 aromatic carbocycles. The summed E-state index contributed by atoms with van der Waals surface area (Å²) >= 11 is 11.4. The van der Waals surface area contributed by atoms with Gasteiger partial charge in [-0.15, -0.1) is 0 Å². The Balaban J connectivity index is 4.40. The van der Waals surface area contributed by atoms with E-state index in [0.29, 0.717) is 0 Å². The van der Waals surface area contributed by atoms with E-state index < -0.39 is 17.8 Å². The molecule has 4 nitrogen and oxygen atoms in total. The largest absolute Gasteiger partial charge is 0.460 e. The average molecular weight is 291 g/mol. The average Bonchev–Trinajstić information content (AvgIpc) is 2.12. The van der Waals surface area contributed by atoms with Gasteiger partial charge in [0.05, 0.1) is 12.2 Å². The van der Waals surface area contributed by atoms with E-state index in [1.54, 1.807) is 27.7 Å². The Kier molecular flexibility index (Phi) is 6.95. The van der Waals surface area contributed by atoms with Crippen molar-refractivity contribution in [2.45, 2.75) is 44.0 Å². The summed E-state index contributed by atoms with van der Waals surface area (Å²) in [5.74, 6) is -0.887. The molecule has 7 heteroatoms. The minimum absolute atomic E-state index is 0.0980. The smallest absolute Gasteiger partial charge is 0.350 e. The molecule has 0 aromatic rings. The van der Waals surface area contributed by atoms with Crippen LogP contribution in [0, 0.1) is 0 Å². The van der Waals surface area contributed by atoms with E-state index in [4.69, 9.17) is 32.7 Å². The van der Waals surface area contributed by atoms with Gasteiger partial charge in [0.1, 0.15) is 14.1 Å². The van der Waals surface area contributed by atoms with Gasteiger partial charge in [-0.1, -0.05) is 23.2 Å². The summed E-state index contributed by atoms with van der Waals surface area (Å²) in [6.07, 6.45) is -0.591. The molecule has 0 radical (unpaired) electrons. The minimum atomic E-state index is -2.62. The van der Waals surface area contributed by atoms with Crippen LogP contribution in [0.2, 0.25) is 0 Å². The lowest BCUT2D eigenvalue weighted by Crippen LogP contribution is -2.28. The third-order valence-electron chi connectivity index (χ3n) is 1.50. The first-order valence-electron chi connectivity index (χ1n) is 4.91. The molecular weight excluding hydrogens is 274 g/mol. The molecular formula is C9H17Cl2O4P. The SMILES string of the molecule is CC(C)OC[PH](=O)C(Cl)(Cl)C(=O)OC(C)C. The van der Waals surface area contributed by atoms with Crippen molar-refractivity contribution < 1.29 is 18.8 Å². The number of ether oxygens (including phenoxy) is 2. The maximum absolute atomic E-state index is 11.7. The van der Waals surface area contributed by atoms with Crippen molar-refractivity contribution in [3.8, 4) is 0 Å². The summed E-state index contributed by atoms with van der Waals surface area (Å²) in [5, 5.41) is 0. The van der Waals surface area contributed by atoms with Crippen LogP contribution in [-0.2, 0) is 18.8 Å². The number of carbonyl (C=O) groups is 1. The van der Waals surface area contributed by atoms with E-state index in [1.807, 2.05) is 0 Å². The summed E-state index contributed by atoms with van der Waals surface area (Å²) in [6.45, 7) is 6.88. The lowest BCUT2D eigenvalue weighted by atomic mass is 10.5. The second-order valence-corrected chi connectivity index (χ2v) is 7.66. The molecule has 1 unspecified atom stereocenters. The molecule has 0 aliphatic heterocycles. The van der Waals surface area contributed by atoms with Crippen molar-refractivity contribution in [1.29, 1.82) is 0 Å². The number of halogens is 2. The Morgan fingerprint density at radius 3 is 2.12 bits per heavy atom. The van der Waals surface area contributed by atoms with E-state index in [0.717, 1.165) is 0 Å². The molecule has 0 aromatic heterocycles. The summed E-state index contributed by atoms with van der Waals surface area (Å²) in [5.41, 5.74) is 0. The van der Waals surface area contributed by atoms with Crippen LogP contribution in [0.15, 0.2) is 0 Å². The van der Waals surface area contributed by atoms with Gasteiger partial charge in [0, 0.05) is 0 Å². The Bertz CT molecular complexity index is 266. The molecule has 0 bridgehead atoms. The highest BCUT2D eigenvalue weighted by molar-refractivity contribution is 7.53. The monoisotopic (exact) mass is 290 g/mol. The van der Waals surface area contributed by atoms with Crippen LogP contribution in [0.4, 0.5) is 0 Å². The molecule has 0 heterocycles. The fourth-order valence-electron chi connectivity index (χ4n) is 0.735. The highest BCUT2D eigenvalue weighted by atomic mass is 35.5.